The first kappa shape index (κ1) is 11.2. The number of anilines is 1. The van der Waals surface area contributed by atoms with Gasteiger partial charge in [0.2, 0.25) is 0 Å². The number of aromatic nitrogens is 1. The number of nitrogens with zero attached hydrogens (tertiary/aromatic N) is 1. The molecule has 0 spiro atoms. The number of nitrogens with two attached hydrogens (primary N) is 1. The smallest absolute Gasteiger partial charge is 0.0946 e. The van der Waals surface area contributed by atoms with Gasteiger partial charge in [-0.1, -0.05) is 35.3 Å². The minimum atomic E-state index is 0.479. The highest BCUT2D eigenvalue weighted by molar-refractivity contribution is 6.43. The van der Waals surface area contributed by atoms with Crippen molar-refractivity contribution in [3.63, 3.8) is 0 Å². The molecule has 0 saturated heterocycles. The minimum absolute atomic E-state index is 0.479. The molecule has 16 heavy (non-hydrogen) atoms. The molecule has 4 heteroatoms. The molecule has 1 heterocycles. The molecule has 0 aliphatic rings. The van der Waals surface area contributed by atoms with E-state index in [-0.39, 0.29) is 0 Å². The van der Waals surface area contributed by atoms with Gasteiger partial charge in [0.15, 0.2) is 0 Å². The van der Waals surface area contributed by atoms with Gasteiger partial charge in [0, 0.05) is 11.8 Å². The van der Waals surface area contributed by atoms with Crippen molar-refractivity contribution in [2.75, 3.05) is 5.73 Å². The molecule has 0 aliphatic heterocycles. The van der Waals surface area contributed by atoms with Crippen LogP contribution in [0.3, 0.4) is 0 Å². The van der Waals surface area contributed by atoms with Crippen LogP contribution in [0.5, 0.6) is 0 Å². The van der Waals surface area contributed by atoms with Crippen LogP contribution in [0.1, 0.15) is 5.56 Å². The summed E-state index contributed by atoms with van der Waals surface area (Å²) in [6.07, 6.45) is 1.75. The predicted octanol–water partition coefficient (Wildman–Crippen LogP) is 3.95. The van der Waals surface area contributed by atoms with Gasteiger partial charge >= 0.3 is 0 Å². The number of nitrogen functional groups attached to an aromatic ring is 1. The van der Waals surface area contributed by atoms with Gasteiger partial charge in [-0.15, -0.1) is 0 Å². The van der Waals surface area contributed by atoms with Crippen molar-refractivity contribution in [3.05, 3.63) is 46.1 Å². The average molecular weight is 253 g/mol. The first-order chi connectivity index (χ1) is 7.59. The normalized spacial score (nSPS) is 10.4. The number of benzene rings is 1. The Bertz CT molecular complexity index is 539. The number of halogens is 2. The van der Waals surface area contributed by atoms with E-state index in [2.05, 4.69) is 4.98 Å². The summed E-state index contributed by atoms with van der Waals surface area (Å²) >= 11 is 12.1. The second-order valence-corrected chi connectivity index (χ2v) is 4.34. The van der Waals surface area contributed by atoms with Gasteiger partial charge < -0.3 is 5.73 Å². The fourth-order valence-corrected chi connectivity index (χ4v) is 1.89. The summed E-state index contributed by atoms with van der Waals surface area (Å²) in [5, 5.41) is 0.980. The van der Waals surface area contributed by atoms with Crippen LogP contribution in [-0.2, 0) is 0 Å². The summed E-state index contributed by atoms with van der Waals surface area (Å²) in [5.41, 5.74) is 8.94. The summed E-state index contributed by atoms with van der Waals surface area (Å²) in [5.74, 6) is 0. The molecule has 0 amide bonds. The fourth-order valence-electron chi connectivity index (χ4n) is 1.50. The van der Waals surface area contributed by atoms with Gasteiger partial charge in [0.05, 0.1) is 21.4 Å². The third-order valence-electron chi connectivity index (χ3n) is 2.26. The molecule has 82 valence electrons. The highest BCUT2D eigenvalue weighted by atomic mass is 35.5. The van der Waals surface area contributed by atoms with Crippen LogP contribution in [0, 0.1) is 6.92 Å². The Hall–Kier alpha value is -1.25. The molecule has 0 atom stereocenters. The Morgan fingerprint density at radius 2 is 2.00 bits per heavy atom. The molecule has 1 aromatic carbocycles. The number of pyridine rings is 1. The first-order valence-corrected chi connectivity index (χ1v) is 5.51. The number of hydrogen-bond acceptors (Lipinski definition) is 2. The zero-order valence-electron chi connectivity index (χ0n) is 8.67. The molecular formula is C12H10Cl2N2. The lowest BCUT2D eigenvalue weighted by Gasteiger charge is -2.08. The van der Waals surface area contributed by atoms with E-state index in [9.17, 15) is 0 Å². The van der Waals surface area contributed by atoms with Gasteiger partial charge in [-0.05, 0) is 24.6 Å². The number of rotatable bonds is 1. The van der Waals surface area contributed by atoms with Crippen molar-refractivity contribution < 1.29 is 0 Å². The van der Waals surface area contributed by atoms with E-state index in [0.29, 0.717) is 21.4 Å². The summed E-state index contributed by atoms with van der Waals surface area (Å²) in [4.78, 5) is 4.28. The number of hydrogen-bond donors (Lipinski definition) is 1. The van der Waals surface area contributed by atoms with Gasteiger partial charge in [0.25, 0.3) is 0 Å². The molecule has 2 aromatic rings. The van der Waals surface area contributed by atoms with Crippen LogP contribution < -0.4 is 5.73 Å². The third kappa shape index (κ3) is 1.99. The fraction of sp³-hybridized carbons (Fsp3) is 0.0833. The van der Waals surface area contributed by atoms with E-state index in [1.54, 1.807) is 12.3 Å². The lowest BCUT2D eigenvalue weighted by Crippen LogP contribution is -1.95. The van der Waals surface area contributed by atoms with Crippen LogP contribution in [0.25, 0.3) is 11.3 Å². The standard InChI is InChI=1S/C12H10Cl2N2/c1-7-5-10(15)12(16-6-7)8-3-2-4-9(13)11(8)14/h2-6H,15H2,1H3. The molecule has 0 unspecified atom stereocenters. The van der Waals surface area contributed by atoms with Crippen molar-refractivity contribution >= 4 is 28.9 Å². The Kier molecular flexibility index (Phi) is 3.03. The molecule has 0 bridgehead atoms. The third-order valence-corrected chi connectivity index (χ3v) is 3.08. The predicted molar refractivity (Wildman–Crippen MR) is 68.8 cm³/mol. The lowest BCUT2D eigenvalue weighted by atomic mass is 10.1. The Morgan fingerprint density at radius 3 is 2.69 bits per heavy atom. The highest BCUT2D eigenvalue weighted by Gasteiger charge is 2.10. The van der Waals surface area contributed by atoms with E-state index in [1.165, 1.54) is 0 Å². The monoisotopic (exact) mass is 252 g/mol. The van der Waals surface area contributed by atoms with Crippen molar-refractivity contribution in [2.24, 2.45) is 0 Å². The maximum Gasteiger partial charge on any atom is 0.0946 e. The molecule has 0 saturated carbocycles. The van der Waals surface area contributed by atoms with Crippen LogP contribution >= 0.6 is 23.2 Å². The second-order valence-electron chi connectivity index (χ2n) is 3.55. The molecule has 0 radical (unpaired) electrons. The van der Waals surface area contributed by atoms with Gasteiger partial charge in [0.1, 0.15) is 0 Å². The van der Waals surface area contributed by atoms with Crippen LogP contribution in [0.4, 0.5) is 5.69 Å². The summed E-state index contributed by atoms with van der Waals surface area (Å²) in [6, 6.07) is 7.27. The van der Waals surface area contributed by atoms with Gasteiger partial charge in [-0.3, -0.25) is 4.98 Å². The zero-order valence-corrected chi connectivity index (χ0v) is 10.2. The van der Waals surface area contributed by atoms with Crippen molar-refractivity contribution in [1.82, 2.24) is 4.98 Å². The maximum atomic E-state index is 6.11. The minimum Gasteiger partial charge on any atom is -0.397 e. The Labute approximate surface area is 104 Å². The summed E-state index contributed by atoms with van der Waals surface area (Å²) in [7, 11) is 0. The SMILES string of the molecule is Cc1cnc(-c2cccc(Cl)c2Cl)c(N)c1. The Balaban J connectivity index is 2.63. The molecule has 0 aliphatic carbocycles. The first-order valence-electron chi connectivity index (χ1n) is 4.76. The molecule has 2 nitrogen and oxygen atoms in total. The van der Waals surface area contributed by atoms with E-state index < -0.39 is 0 Å². The van der Waals surface area contributed by atoms with E-state index in [0.717, 1.165) is 11.1 Å². The largest absolute Gasteiger partial charge is 0.397 e. The molecule has 1 aromatic heterocycles. The zero-order chi connectivity index (χ0) is 11.7. The van der Waals surface area contributed by atoms with E-state index in [1.807, 2.05) is 25.1 Å². The molecule has 2 N–H and O–H groups in total. The van der Waals surface area contributed by atoms with Crippen LogP contribution in [-0.4, -0.2) is 4.98 Å². The lowest BCUT2D eigenvalue weighted by molar-refractivity contribution is 1.27. The van der Waals surface area contributed by atoms with Gasteiger partial charge in [-0.25, -0.2) is 0 Å². The average Bonchev–Trinajstić information content (AvgIpc) is 2.23. The highest BCUT2D eigenvalue weighted by Crippen LogP contribution is 2.34. The Morgan fingerprint density at radius 1 is 1.25 bits per heavy atom. The quantitative estimate of drug-likeness (QED) is 0.835. The van der Waals surface area contributed by atoms with Crippen molar-refractivity contribution in [3.8, 4) is 11.3 Å². The van der Waals surface area contributed by atoms with E-state index >= 15 is 0 Å². The second kappa shape index (κ2) is 4.32. The maximum absolute atomic E-state index is 6.11. The van der Waals surface area contributed by atoms with Crippen molar-refractivity contribution in [2.45, 2.75) is 6.92 Å². The van der Waals surface area contributed by atoms with Crippen LogP contribution in [0.2, 0.25) is 10.0 Å². The molecule has 0 fully saturated rings. The van der Waals surface area contributed by atoms with Crippen molar-refractivity contribution in [1.29, 1.82) is 0 Å². The summed E-state index contributed by atoms with van der Waals surface area (Å²) in [6.45, 7) is 1.94. The van der Waals surface area contributed by atoms with Crippen LogP contribution in [0.15, 0.2) is 30.5 Å². The number of aryl methyl sites for hydroxylation is 1. The molecular weight excluding hydrogens is 243 g/mol. The summed E-state index contributed by atoms with van der Waals surface area (Å²) < 4.78 is 0. The molecule has 2 rings (SSSR count). The van der Waals surface area contributed by atoms with Gasteiger partial charge in [-0.2, -0.15) is 0 Å². The van der Waals surface area contributed by atoms with E-state index in [4.69, 9.17) is 28.9 Å². The topological polar surface area (TPSA) is 38.9 Å².